The van der Waals surface area contributed by atoms with Crippen LogP contribution in [0, 0.1) is 13.8 Å². The molecule has 1 heterocycles. The van der Waals surface area contributed by atoms with Crippen LogP contribution in [0.2, 0.25) is 0 Å². The Labute approximate surface area is 119 Å². The van der Waals surface area contributed by atoms with E-state index in [4.69, 9.17) is 5.73 Å². The fraction of sp³-hybridized carbons (Fsp3) is 0.235. The summed E-state index contributed by atoms with van der Waals surface area (Å²) in [6.07, 6.45) is 0.919. The Morgan fingerprint density at radius 3 is 2.70 bits per heavy atom. The third-order valence-electron chi connectivity index (χ3n) is 3.98. The third kappa shape index (κ3) is 1.95. The minimum atomic E-state index is 0.0409. The van der Waals surface area contributed by atoms with Crippen molar-refractivity contribution in [2.45, 2.75) is 20.3 Å². The lowest BCUT2D eigenvalue weighted by Crippen LogP contribution is -2.29. The minimum absolute atomic E-state index is 0.0409. The van der Waals surface area contributed by atoms with Crippen LogP contribution in [0.4, 0.5) is 11.4 Å². The first-order valence-electron chi connectivity index (χ1n) is 6.84. The van der Waals surface area contributed by atoms with E-state index in [1.54, 1.807) is 6.07 Å². The van der Waals surface area contributed by atoms with Crippen LogP contribution in [0.15, 0.2) is 36.4 Å². The van der Waals surface area contributed by atoms with Gasteiger partial charge in [-0.25, -0.2) is 0 Å². The molecule has 2 aromatic rings. The number of carbonyl (C=O) groups is 1. The van der Waals surface area contributed by atoms with Crippen LogP contribution < -0.4 is 10.6 Å². The number of aryl methyl sites for hydroxylation is 2. The van der Waals surface area contributed by atoms with Gasteiger partial charge in [0.05, 0.1) is 0 Å². The number of carbonyl (C=O) groups excluding carboxylic acids is 1. The molecular formula is C17H18N2O. The summed E-state index contributed by atoms with van der Waals surface area (Å²) >= 11 is 0. The average Bonchev–Trinajstić information content (AvgIpc) is 2.86. The molecule has 102 valence electrons. The number of nitrogens with zero attached hydrogens (tertiary/aromatic N) is 1. The van der Waals surface area contributed by atoms with Crippen molar-refractivity contribution in [3.8, 4) is 0 Å². The number of hydrogen-bond acceptors (Lipinski definition) is 2. The van der Waals surface area contributed by atoms with Gasteiger partial charge in [0.2, 0.25) is 0 Å². The maximum absolute atomic E-state index is 12.8. The standard InChI is InChI=1S/C17H18N2O/c1-11-9-12(2)15(18)10-14(11)17(20)19-8-7-13-5-3-4-6-16(13)19/h3-6,9-10H,7-8,18H2,1-2H3. The molecule has 3 heteroatoms. The Hall–Kier alpha value is -2.29. The quantitative estimate of drug-likeness (QED) is 0.806. The number of hydrogen-bond donors (Lipinski definition) is 1. The van der Waals surface area contributed by atoms with E-state index >= 15 is 0 Å². The summed E-state index contributed by atoms with van der Waals surface area (Å²) in [6, 6.07) is 11.9. The molecule has 3 nitrogen and oxygen atoms in total. The minimum Gasteiger partial charge on any atom is -0.398 e. The fourth-order valence-corrected chi connectivity index (χ4v) is 2.79. The van der Waals surface area contributed by atoms with Crippen LogP contribution >= 0.6 is 0 Å². The summed E-state index contributed by atoms with van der Waals surface area (Å²) in [5.74, 6) is 0.0409. The van der Waals surface area contributed by atoms with Crippen molar-refractivity contribution in [1.82, 2.24) is 0 Å². The molecule has 2 aromatic carbocycles. The number of nitrogen functional groups attached to an aromatic ring is 1. The number of anilines is 2. The van der Waals surface area contributed by atoms with Crippen LogP contribution in [0.25, 0.3) is 0 Å². The number of benzene rings is 2. The fourth-order valence-electron chi connectivity index (χ4n) is 2.79. The van der Waals surface area contributed by atoms with Crippen molar-refractivity contribution in [1.29, 1.82) is 0 Å². The Bertz CT molecular complexity index is 691. The second-order valence-corrected chi connectivity index (χ2v) is 5.36. The second-order valence-electron chi connectivity index (χ2n) is 5.36. The summed E-state index contributed by atoms with van der Waals surface area (Å²) < 4.78 is 0. The van der Waals surface area contributed by atoms with Crippen molar-refractivity contribution in [2.24, 2.45) is 0 Å². The normalized spacial score (nSPS) is 13.4. The zero-order chi connectivity index (χ0) is 14.3. The first-order valence-corrected chi connectivity index (χ1v) is 6.84. The Morgan fingerprint density at radius 2 is 1.90 bits per heavy atom. The van der Waals surface area contributed by atoms with Gasteiger partial charge in [-0.3, -0.25) is 4.79 Å². The molecule has 0 aromatic heterocycles. The van der Waals surface area contributed by atoms with Crippen molar-refractivity contribution in [2.75, 3.05) is 17.2 Å². The van der Waals surface area contributed by atoms with E-state index in [1.807, 2.05) is 43.0 Å². The highest BCUT2D eigenvalue weighted by atomic mass is 16.2. The van der Waals surface area contributed by atoms with Crippen LogP contribution in [-0.4, -0.2) is 12.5 Å². The molecule has 1 aliphatic heterocycles. The monoisotopic (exact) mass is 266 g/mol. The van der Waals surface area contributed by atoms with Gasteiger partial charge >= 0.3 is 0 Å². The van der Waals surface area contributed by atoms with Gasteiger partial charge in [-0.2, -0.15) is 0 Å². The molecule has 0 spiro atoms. The van der Waals surface area contributed by atoms with Crippen molar-refractivity contribution >= 4 is 17.3 Å². The number of amides is 1. The van der Waals surface area contributed by atoms with Crippen LogP contribution in [-0.2, 0) is 6.42 Å². The molecule has 0 saturated carbocycles. The van der Waals surface area contributed by atoms with Crippen molar-refractivity contribution in [3.05, 3.63) is 58.7 Å². The molecule has 0 unspecified atom stereocenters. The van der Waals surface area contributed by atoms with E-state index in [9.17, 15) is 4.79 Å². The van der Waals surface area contributed by atoms with Crippen molar-refractivity contribution < 1.29 is 4.79 Å². The van der Waals surface area contributed by atoms with Crippen LogP contribution in [0.5, 0.6) is 0 Å². The van der Waals surface area contributed by atoms with E-state index in [1.165, 1.54) is 5.56 Å². The lowest BCUT2D eigenvalue weighted by Gasteiger charge is -2.19. The third-order valence-corrected chi connectivity index (χ3v) is 3.98. The summed E-state index contributed by atoms with van der Waals surface area (Å²) in [4.78, 5) is 14.6. The first-order chi connectivity index (χ1) is 9.58. The van der Waals surface area contributed by atoms with E-state index in [0.29, 0.717) is 11.3 Å². The first kappa shape index (κ1) is 12.7. The number of fused-ring (bicyclic) bond motifs is 1. The SMILES string of the molecule is Cc1cc(C)c(C(=O)N2CCc3ccccc32)cc1N. The predicted molar refractivity (Wildman–Crippen MR) is 82.2 cm³/mol. The molecule has 0 atom stereocenters. The van der Waals surface area contributed by atoms with E-state index in [-0.39, 0.29) is 5.91 Å². The number of rotatable bonds is 1. The van der Waals surface area contributed by atoms with Gasteiger partial charge in [-0.1, -0.05) is 24.3 Å². The number of para-hydroxylation sites is 1. The van der Waals surface area contributed by atoms with Gasteiger partial charge in [0, 0.05) is 23.5 Å². The largest absolute Gasteiger partial charge is 0.398 e. The highest BCUT2D eigenvalue weighted by molar-refractivity contribution is 6.08. The maximum Gasteiger partial charge on any atom is 0.258 e. The number of nitrogens with two attached hydrogens (primary N) is 1. The Kier molecular flexibility index (Phi) is 2.97. The van der Waals surface area contributed by atoms with Gasteiger partial charge in [0.25, 0.3) is 5.91 Å². The molecule has 20 heavy (non-hydrogen) atoms. The molecule has 0 fully saturated rings. The maximum atomic E-state index is 12.8. The smallest absolute Gasteiger partial charge is 0.258 e. The highest BCUT2D eigenvalue weighted by Gasteiger charge is 2.26. The highest BCUT2D eigenvalue weighted by Crippen LogP contribution is 2.30. The summed E-state index contributed by atoms with van der Waals surface area (Å²) in [5, 5.41) is 0. The van der Waals surface area contributed by atoms with E-state index in [2.05, 4.69) is 6.07 Å². The van der Waals surface area contributed by atoms with Crippen LogP contribution in [0.1, 0.15) is 27.0 Å². The molecule has 0 saturated heterocycles. The summed E-state index contributed by atoms with van der Waals surface area (Å²) in [6.45, 7) is 4.66. The topological polar surface area (TPSA) is 46.3 Å². The molecule has 2 N–H and O–H groups in total. The van der Waals surface area contributed by atoms with E-state index in [0.717, 1.165) is 29.8 Å². The van der Waals surface area contributed by atoms with Gasteiger partial charge < -0.3 is 10.6 Å². The second kappa shape index (κ2) is 4.67. The van der Waals surface area contributed by atoms with E-state index < -0.39 is 0 Å². The van der Waals surface area contributed by atoms with Gasteiger partial charge in [0.15, 0.2) is 0 Å². The zero-order valence-electron chi connectivity index (χ0n) is 11.8. The molecule has 1 amide bonds. The predicted octanol–water partition coefficient (Wildman–Crippen LogP) is 3.09. The molecular weight excluding hydrogens is 248 g/mol. The zero-order valence-corrected chi connectivity index (χ0v) is 11.8. The van der Waals surface area contributed by atoms with Gasteiger partial charge in [-0.15, -0.1) is 0 Å². The average molecular weight is 266 g/mol. The molecule has 1 aliphatic rings. The molecule has 3 rings (SSSR count). The Balaban J connectivity index is 2.01. The molecule has 0 radical (unpaired) electrons. The van der Waals surface area contributed by atoms with Crippen molar-refractivity contribution in [3.63, 3.8) is 0 Å². The van der Waals surface area contributed by atoms with Crippen LogP contribution in [0.3, 0.4) is 0 Å². The Morgan fingerprint density at radius 1 is 1.15 bits per heavy atom. The summed E-state index contributed by atoms with van der Waals surface area (Å²) in [5.41, 5.74) is 11.6. The van der Waals surface area contributed by atoms with Gasteiger partial charge in [0.1, 0.15) is 0 Å². The molecule has 0 aliphatic carbocycles. The van der Waals surface area contributed by atoms with Gasteiger partial charge in [-0.05, 0) is 49.1 Å². The lowest BCUT2D eigenvalue weighted by atomic mass is 10.0. The molecule has 0 bridgehead atoms. The lowest BCUT2D eigenvalue weighted by molar-refractivity contribution is 0.0989. The summed E-state index contributed by atoms with van der Waals surface area (Å²) in [7, 11) is 0.